The zero-order valence-electron chi connectivity index (χ0n) is 9.03. The number of halogens is 1. The van der Waals surface area contributed by atoms with E-state index < -0.39 is 0 Å². The number of hydrogen-bond donors (Lipinski definition) is 0. The van der Waals surface area contributed by atoms with Crippen molar-refractivity contribution in [3.05, 3.63) is 46.2 Å². The van der Waals surface area contributed by atoms with Crippen molar-refractivity contribution in [1.82, 2.24) is 9.78 Å². The maximum atomic E-state index is 8.94. The fourth-order valence-electron chi connectivity index (χ4n) is 1.59. The van der Waals surface area contributed by atoms with Crippen LogP contribution in [0.2, 0.25) is 5.15 Å². The Kier molecular flexibility index (Phi) is 2.67. The predicted molar refractivity (Wildman–Crippen MR) is 62.8 cm³/mol. The Labute approximate surface area is 98.9 Å². The lowest BCUT2D eigenvalue weighted by molar-refractivity contribution is 0.856. The third-order valence-corrected chi connectivity index (χ3v) is 2.81. The van der Waals surface area contributed by atoms with E-state index >= 15 is 0 Å². The summed E-state index contributed by atoms with van der Waals surface area (Å²) in [5, 5.41) is 13.6. The van der Waals surface area contributed by atoms with Crippen LogP contribution in [0.3, 0.4) is 0 Å². The standard InChI is InChI=1S/C12H10ClN3/c1-8-5-3-4-6-11(8)16-12(13)10(7-14)9(2)15-16/h3-6H,1-2H3. The predicted octanol–water partition coefficient (Wildman–Crippen LogP) is 3.01. The second-order valence-electron chi connectivity index (χ2n) is 3.56. The topological polar surface area (TPSA) is 41.6 Å². The van der Waals surface area contributed by atoms with Crippen molar-refractivity contribution in [3.63, 3.8) is 0 Å². The van der Waals surface area contributed by atoms with Crippen LogP contribution in [0.25, 0.3) is 5.69 Å². The molecule has 0 spiro atoms. The Balaban J connectivity index is 2.68. The van der Waals surface area contributed by atoms with Crippen molar-refractivity contribution in [3.8, 4) is 11.8 Å². The van der Waals surface area contributed by atoms with Crippen LogP contribution < -0.4 is 0 Å². The second-order valence-corrected chi connectivity index (χ2v) is 3.92. The highest BCUT2D eigenvalue weighted by molar-refractivity contribution is 6.31. The summed E-state index contributed by atoms with van der Waals surface area (Å²) < 4.78 is 1.60. The third kappa shape index (κ3) is 1.58. The molecule has 0 N–H and O–H groups in total. The molecule has 80 valence electrons. The molecule has 1 heterocycles. The minimum Gasteiger partial charge on any atom is -0.220 e. The summed E-state index contributed by atoms with van der Waals surface area (Å²) in [5.74, 6) is 0. The lowest BCUT2D eigenvalue weighted by Gasteiger charge is -2.05. The Morgan fingerprint density at radius 1 is 1.31 bits per heavy atom. The number of nitriles is 1. The Bertz CT molecular complexity index is 578. The number of hydrogen-bond acceptors (Lipinski definition) is 2. The molecule has 0 saturated heterocycles. The molecule has 0 radical (unpaired) electrons. The summed E-state index contributed by atoms with van der Waals surface area (Å²) in [6.45, 7) is 3.76. The molecule has 2 rings (SSSR count). The van der Waals surface area contributed by atoms with Crippen LogP contribution in [0.1, 0.15) is 16.8 Å². The van der Waals surface area contributed by atoms with Gasteiger partial charge in [-0.3, -0.25) is 0 Å². The summed E-state index contributed by atoms with van der Waals surface area (Å²) >= 11 is 6.11. The molecule has 4 heteroatoms. The summed E-state index contributed by atoms with van der Waals surface area (Å²) in [5.41, 5.74) is 3.05. The molecular weight excluding hydrogens is 222 g/mol. The average Bonchev–Trinajstić information content (AvgIpc) is 2.55. The molecule has 0 aliphatic rings. The van der Waals surface area contributed by atoms with Gasteiger partial charge in [0.2, 0.25) is 0 Å². The van der Waals surface area contributed by atoms with E-state index in [0.717, 1.165) is 11.3 Å². The van der Waals surface area contributed by atoms with E-state index in [2.05, 4.69) is 11.2 Å². The van der Waals surface area contributed by atoms with Gasteiger partial charge in [0, 0.05) is 0 Å². The number of aryl methyl sites for hydroxylation is 2. The largest absolute Gasteiger partial charge is 0.220 e. The van der Waals surface area contributed by atoms with Gasteiger partial charge >= 0.3 is 0 Å². The van der Waals surface area contributed by atoms with E-state index in [0.29, 0.717) is 16.4 Å². The van der Waals surface area contributed by atoms with Gasteiger partial charge in [0.25, 0.3) is 0 Å². The zero-order chi connectivity index (χ0) is 11.7. The molecule has 0 unspecified atom stereocenters. The van der Waals surface area contributed by atoms with Crippen LogP contribution in [0.15, 0.2) is 24.3 Å². The molecule has 0 amide bonds. The van der Waals surface area contributed by atoms with Crippen molar-refractivity contribution in [2.24, 2.45) is 0 Å². The van der Waals surface area contributed by atoms with Gasteiger partial charge in [0.15, 0.2) is 5.15 Å². The fraction of sp³-hybridized carbons (Fsp3) is 0.167. The molecule has 2 aromatic rings. The number of rotatable bonds is 1. The summed E-state index contributed by atoms with van der Waals surface area (Å²) in [6.07, 6.45) is 0. The molecular formula is C12H10ClN3. The maximum absolute atomic E-state index is 8.94. The molecule has 0 aliphatic heterocycles. The molecule has 0 aliphatic carbocycles. The Morgan fingerprint density at radius 2 is 2.00 bits per heavy atom. The summed E-state index contributed by atoms with van der Waals surface area (Å²) in [4.78, 5) is 0. The number of para-hydroxylation sites is 1. The SMILES string of the molecule is Cc1ccccc1-n1nc(C)c(C#N)c1Cl. The van der Waals surface area contributed by atoms with Crippen LogP contribution >= 0.6 is 11.6 Å². The van der Waals surface area contributed by atoms with Gasteiger partial charge in [0.05, 0.1) is 11.4 Å². The van der Waals surface area contributed by atoms with Gasteiger partial charge in [-0.1, -0.05) is 29.8 Å². The first-order valence-corrected chi connectivity index (χ1v) is 5.24. The average molecular weight is 232 g/mol. The monoisotopic (exact) mass is 231 g/mol. The first-order chi connectivity index (χ1) is 7.65. The molecule has 16 heavy (non-hydrogen) atoms. The molecule has 3 nitrogen and oxygen atoms in total. The molecule has 1 aromatic carbocycles. The van der Waals surface area contributed by atoms with E-state index in [1.165, 1.54) is 0 Å². The van der Waals surface area contributed by atoms with Crippen LogP contribution in [0.5, 0.6) is 0 Å². The minimum absolute atomic E-state index is 0.370. The minimum atomic E-state index is 0.370. The number of nitrogens with zero attached hydrogens (tertiary/aromatic N) is 3. The van der Waals surface area contributed by atoms with E-state index in [4.69, 9.17) is 16.9 Å². The van der Waals surface area contributed by atoms with Gasteiger partial charge in [-0.15, -0.1) is 0 Å². The van der Waals surface area contributed by atoms with E-state index in [1.54, 1.807) is 11.6 Å². The quantitative estimate of drug-likeness (QED) is 0.757. The first-order valence-electron chi connectivity index (χ1n) is 4.86. The highest BCUT2D eigenvalue weighted by atomic mass is 35.5. The van der Waals surface area contributed by atoms with Gasteiger partial charge in [-0.05, 0) is 25.5 Å². The first kappa shape index (κ1) is 10.7. The highest BCUT2D eigenvalue weighted by Gasteiger charge is 2.14. The lowest BCUT2D eigenvalue weighted by atomic mass is 10.2. The number of aromatic nitrogens is 2. The Hall–Kier alpha value is -1.79. The third-order valence-electron chi connectivity index (χ3n) is 2.46. The second kappa shape index (κ2) is 3.99. The van der Waals surface area contributed by atoms with Crippen molar-refractivity contribution in [2.45, 2.75) is 13.8 Å². The van der Waals surface area contributed by atoms with E-state index in [1.807, 2.05) is 31.2 Å². The fourth-order valence-corrected chi connectivity index (χ4v) is 1.89. The molecule has 0 saturated carbocycles. The molecule has 0 atom stereocenters. The molecule has 0 fully saturated rings. The molecule has 0 bridgehead atoms. The van der Waals surface area contributed by atoms with Gasteiger partial charge in [-0.2, -0.15) is 10.4 Å². The Morgan fingerprint density at radius 3 is 2.56 bits per heavy atom. The summed E-state index contributed by atoms with van der Waals surface area (Å²) in [7, 11) is 0. The van der Waals surface area contributed by atoms with E-state index in [9.17, 15) is 0 Å². The van der Waals surface area contributed by atoms with Crippen LogP contribution in [0, 0.1) is 25.2 Å². The van der Waals surface area contributed by atoms with Crippen molar-refractivity contribution < 1.29 is 0 Å². The normalized spacial score (nSPS) is 10.1. The van der Waals surface area contributed by atoms with Crippen molar-refractivity contribution in [2.75, 3.05) is 0 Å². The van der Waals surface area contributed by atoms with Crippen LogP contribution in [-0.4, -0.2) is 9.78 Å². The van der Waals surface area contributed by atoms with Crippen LogP contribution in [0.4, 0.5) is 0 Å². The number of benzene rings is 1. The molecule has 1 aromatic heterocycles. The van der Waals surface area contributed by atoms with Gasteiger partial charge in [-0.25, -0.2) is 4.68 Å². The van der Waals surface area contributed by atoms with Gasteiger partial charge < -0.3 is 0 Å². The maximum Gasteiger partial charge on any atom is 0.150 e. The van der Waals surface area contributed by atoms with E-state index in [-0.39, 0.29) is 0 Å². The zero-order valence-corrected chi connectivity index (χ0v) is 9.78. The smallest absolute Gasteiger partial charge is 0.150 e. The lowest BCUT2D eigenvalue weighted by Crippen LogP contribution is -1.99. The van der Waals surface area contributed by atoms with Crippen LogP contribution in [-0.2, 0) is 0 Å². The van der Waals surface area contributed by atoms with Gasteiger partial charge in [0.1, 0.15) is 11.6 Å². The van der Waals surface area contributed by atoms with Crippen molar-refractivity contribution in [1.29, 1.82) is 5.26 Å². The summed E-state index contributed by atoms with van der Waals surface area (Å²) in [6, 6.07) is 9.84. The van der Waals surface area contributed by atoms with Crippen molar-refractivity contribution >= 4 is 11.6 Å². The highest BCUT2D eigenvalue weighted by Crippen LogP contribution is 2.24.